The fourth-order valence-corrected chi connectivity index (χ4v) is 7.42. The number of hydrogen-bond acceptors (Lipinski definition) is 0. The molecule has 0 aromatic heterocycles. The van der Waals surface area contributed by atoms with Crippen molar-refractivity contribution in [2.75, 3.05) is 0 Å². The van der Waals surface area contributed by atoms with Crippen molar-refractivity contribution in [1.82, 2.24) is 0 Å². The topological polar surface area (TPSA) is 0 Å². The molecule has 0 aromatic carbocycles. The summed E-state index contributed by atoms with van der Waals surface area (Å²) >= 11 is 0. The third-order valence-corrected chi connectivity index (χ3v) is 10.2. The SMILES string of the molecule is CC[Si](CC)(CC)/C(=C/C#CC(C)(C)C)C(C)(C)C. The van der Waals surface area contributed by atoms with Gasteiger partial charge in [0.2, 0.25) is 0 Å². The molecule has 0 saturated carbocycles. The summed E-state index contributed by atoms with van der Waals surface area (Å²) in [5.74, 6) is 6.73. The first-order chi connectivity index (χ1) is 8.52. The van der Waals surface area contributed by atoms with E-state index in [4.69, 9.17) is 0 Å². The van der Waals surface area contributed by atoms with Crippen LogP contribution in [0.15, 0.2) is 11.3 Å². The molecule has 110 valence electrons. The lowest BCUT2D eigenvalue weighted by atomic mass is 9.94. The van der Waals surface area contributed by atoms with Crippen LogP contribution in [-0.4, -0.2) is 8.07 Å². The average molecular weight is 279 g/mol. The third kappa shape index (κ3) is 5.57. The second kappa shape index (κ2) is 6.80. The molecule has 0 amide bonds. The predicted molar refractivity (Wildman–Crippen MR) is 92.0 cm³/mol. The molecule has 0 aliphatic heterocycles. The molecule has 0 N–H and O–H groups in total. The molecule has 0 heterocycles. The highest BCUT2D eigenvalue weighted by Crippen LogP contribution is 2.39. The van der Waals surface area contributed by atoms with E-state index in [0.717, 1.165) is 0 Å². The minimum absolute atomic E-state index is 0.0916. The van der Waals surface area contributed by atoms with Crippen molar-refractivity contribution in [3.05, 3.63) is 11.3 Å². The molecule has 0 atom stereocenters. The molecule has 0 aromatic rings. The van der Waals surface area contributed by atoms with Crippen LogP contribution in [0.4, 0.5) is 0 Å². The highest BCUT2D eigenvalue weighted by molar-refractivity contribution is 6.86. The van der Waals surface area contributed by atoms with E-state index in [1.54, 1.807) is 5.20 Å². The lowest BCUT2D eigenvalue weighted by Gasteiger charge is -2.38. The van der Waals surface area contributed by atoms with Crippen molar-refractivity contribution >= 4 is 8.07 Å². The Morgan fingerprint density at radius 1 is 0.895 bits per heavy atom. The van der Waals surface area contributed by atoms with Gasteiger partial charge in [0.05, 0.1) is 8.07 Å². The van der Waals surface area contributed by atoms with Gasteiger partial charge in [-0.2, -0.15) is 0 Å². The predicted octanol–water partition coefficient (Wildman–Crippen LogP) is 6.06. The van der Waals surface area contributed by atoms with E-state index >= 15 is 0 Å². The van der Waals surface area contributed by atoms with Crippen LogP contribution >= 0.6 is 0 Å². The molecule has 0 saturated heterocycles. The Bertz CT molecular complexity index is 351. The van der Waals surface area contributed by atoms with Crippen molar-refractivity contribution in [3.8, 4) is 11.8 Å². The molecular weight excluding hydrogens is 244 g/mol. The van der Waals surface area contributed by atoms with Gasteiger partial charge < -0.3 is 0 Å². The summed E-state index contributed by atoms with van der Waals surface area (Å²) in [7, 11) is -1.32. The number of hydrogen-bond donors (Lipinski definition) is 0. The van der Waals surface area contributed by atoms with Gasteiger partial charge in [0.25, 0.3) is 0 Å². The second-order valence-corrected chi connectivity index (χ2v) is 12.9. The van der Waals surface area contributed by atoms with Crippen LogP contribution in [0.1, 0.15) is 62.3 Å². The zero-order valence-electron chi connectivity index (χ0n) is 14.7. The van der Waals surface area contributed by atoms with Gasteiger partial charge in [0.1, 0.15) is 0 Å². The molecule has 0 fully saturated rings. The summed E-state index contributed by atoms with van der Waals surface area (Å²) in [5, 5.41) is 1.66. The Labute approximate surface area is 123 Å². The maximum atomic E-state index is 3.36. The van der Waals surface area contributed by atoms with E-state index in [1.165, 1.54) is 18.1 Å². The van der Waals surface area contributed by atoms with Crippen LogP contribution in [0.5, 0.6) is 0 Å². The molecule has 19 heavy (non-hydrogen) atoms. The summed E-state index contributed by atoms with van der Waals surface area (Å²) in [6, 6.07) is 4.00. The lowest BCUT2D eigenvalue weighted by molar-refractivity contribution is 0.523. The van der Waals surface area contributed by atoms with Gasteiger partial charge in [-0.25, -0.2) is 0 Å². The normalized spacial score (nSPS) is 14.1. The van der Waals surface area contributed by atoms with E-state index in [1.807, 2.05) is 0 Å². The average Bonchev–Trinajstić information content (AvgIpc) is 2.26. The van der Waals surface area contributed by atoms with Crippen molar-refractivity contribution in [2.24, 2.45) is 10.8 Å². The molecule has 0 bridgehead atoms. The fraction of sp³-hybridized carbons (Fsp3) is 0.778. The van der Waals surface area contributed by atoms with Crippen LogP contribution < -0.4 is 0 Å². The molecule has 0 nitrogen and oxygen atoms in total. The Morgan fingerprint density at radius 3 is 1.58 bits per heavy atom. The Morgan fingerprint density at radius 2 is 1.32 bits per heavy atom. The first-order valence-corrected chi connectivity index (χ1v) is 10.4. The molecule has 0 rings (SSSR count). The van der Waals surface area contributed by atoms with Crippen LogP contribution in [0.25, 0.3) is 0 Å². The van der Waals surface area contributed by atoms with Crippen LogP contribution in [0.2, 0.25) is 18.1 Å². The van der Waals surface area contributed by atoms with Crippen LogP contribution in [0, 0.1) is 22.7 Å². The summed E-state index contributed by atoms with van der Waals surface area (Å²) in [4.78, 5) is 0. The number of rotatable bonds is 4. The molecule has 0 unspecified atom stereocenters. The van der Waals surface area contributed by atoms with Gasteiger partial charge in [0.15, 0.2) is 0 Å². The minimum Gasteiger partial charge on any atom is -0.0926 e. The minimum atomic E-state index is -1.32. The first kappa shape index (κ1) is 18.5. The van der Waals surface area contributed by atoms with Crippen molar-refractivity contribution in [3.63, 3.8) is 0 Å². The standard InChI is InChI=1S/C18H34Si/c1-10-19(11-2,12-3)16(18(7,8)9)14-13-15-17(4,5)6/h14H,10-12H2,1-9H3/b16-14+. The smallest absolute Gasteiger partial charge is 0.0822 e. The van der Waals surface area contributed by atoms with Gasteiger partial charge in [-0.3, -0.25) is 0 Å². The Balaban J connectivity index is 5.70. The van der Waals surface area contributed by atoms with Gasteiger partial charge in [-0.1, -0.05) is 76.7 Å². The largest absolute Gasteiger partial charge is 0.0926 e. The summed E-state index contributed by atoms with van der Waals surface area (Å²) < 4.78 is 0. The molecule has 0 aliphatic rings. The van der Waals surface area contributed by atoms with Crippen molar-refractivity contribution in [1.29, 1.82) is 0 Å². The monoisotopic (exact) mass is 278 g/mol. The van der Waals surface area contributed by atoms with E-state index in [2.05, 4.69) is 80.2 Å². The molecule has 0 spiro atoms. The number of allylic oxidation sites excluding steroid dienone is 2. The zero-order valence-corrected chi connectivity index (χ0v) is 15.7. The van der Waals surface area contributed by atoms with Crippen LogP contribution in [-0.2, 0) is 0 Å². The summed E-state index contributed by atoms with van der Waals surface area (Å²) in [6.45, 7) is 20.7. The van der Waals surface area contributed by atoms with Gasteiger partial charge in [-0.15, -0.1) is 0 Å². The zero-order chi connectivity index (χ0) is 15.3. The quantitative estimate of drug-likeness (QED) is 0.433. The fourth-order valence-electron chi connectivity index (χ4n) is 2.81. The van der Waals surface area contributed by atoms with E-state index < -0.39 is 8.07 Å². The molecular formula is C18H34Si. The van der Waals surface area contributed by atoms with E-state index in [-0.39, 0.29) is 10.8 Å². The maximum Gasteiger partial charge on any atom is 0.0822 e. The highest BCUT2D eigenvalue weighted by Gasteiger charge is 2.37. The molecule has 1 heteroatoms. The first-order valence-electron chi connectivity index (χ1n) is 7.76. The Hall–Kier alpha value is -0.483. The lowest BCUT2D eigenvalue weighted by Crippen LogP contribution is -2.40. The third-order valence-electron chi connectivity index (χ3n) is 4.07. The molecule has 0 aliphatic carbocycles. The Kier molecular flexibility index (Phi) is 6.62. The van der Waals surface area contributed by atoms with E-state index in [9.17, 15) is 0 Å². The van der Waals surface area contributed by atoms with E-state index in [0.29, 0.717) is 0 Å². The van der Waals surface area contributed by atoms with Crippen molar-refractivity contribution in [2.45, 2.75) is 80.4 Å². The maximum absolute atomic E-state index is 3.36. The second-order valence-electron chi connectivity index (χ2n) is 7.67. The van der Waals surface area contributed by atoms with Gasteiger partial charge in [-0.05, 0) is 32.3 Å². The van der Waals surface area contributed by atoms with Gasteiger partial charge >= 0.3 is 0 Å². The molecule has 0 radical (unpaired) electrons. The van der Waals surface area contributed by atoms with Gasteiger partial charge in [0, 0.05) is 5.41 Å². The highest BCUT2D eigenvalue weighted by atomic mass is 28.3. The summed E-state index contributed by atoms with van der Waals surface area (Å²) in [5.41, 5.74) is 0.342. The van der Waals surface area contributed by atoms with Crippen molar-refractivity contribution < 1.29 is 0 Å². The van der Waals surface area contributed by atoms with Crippen LogP contribution in [0.3, 0.4) is 0 Å². The summed E-state index contributed by atoms with van der Waals surface area (Å²) in [6.07, 6.45) is 2.27.